The second kappa shape index (κ2) is 6.67. The summed E-state index contributed by atoms with van der Waals surface area (Å²) in [5.74, 6) is 0.334. The third kappa shape index (κ3) is 3.58. The van der Waals surface area contributed by atoms with Crippen LogP contribution in [0, 0.1) is 5.82 Å². The zero-order chi connectivity index (χ0) is 15.4. The first-order valence-electron chi connectivity index (χ1n) is 6.18. The maximum atomic E-state index is 13.0. The molecule has 0 saturated carbocycles. The Balaban J connectivity index is 2.19. The molecule has 0 bridgehead atoms. The Morgan fingerprint density at radius 1 is 1.14 bits per heavy atom. The molecule has 2 rings (SSSR count). The molecular weight excluding hydrogens is 341 g/mol. The van der Waals surface area contributed by atoms with Crippen molar-refractivity contribution >= 4 is 21.6 Å². The van der Waals surface area contributed by atoms with Crippen LogP contribution >= 0.6 is 15.9 Å². The molecule has 0 aromatic heterocycles. The molecule has 0 spiro atoms. The van der Waals surface area contributed by atoms with E-state index in [4.69, 9.17) is 9.47 Å². The van der Waals surface area contributed by atoms with Crippen LogP contribution in [0.2, 0.25) is 0 Å². The van der Waals surface area contributed by atoms with E-state index in [0.717, 1.165) is 11.3 Å². The molecule has 0 radical (unpaired) electrons. The van der Waals surface area contributed by atoms with Crippen LogP contribution in [0.4, 0.5) is 10.1 Å². The molecule has 2 N–H and O–H groups in total. The van der Waals surface area contributed by atoms with Gasteiger partial charge in [0.05, 0.1) is 14.2 Å². The van der Waals surface area contributed by atoms with Crippen molar-refractivity contribution in [2.24, 2.45) is 0 Å². The summed E-state index contributed by atoms with van der Waals surface area (Å²) in [6, 6.07) is 7.84. The highest BCUT2D eigenvalue weighted by atomic mass is 79.9. The van der Waals surface area contributed by atoms with Crippen molar-refractivity contribution in [3.05, 3.63) is 46.2 Å². The molecule has 0 fully saturated rings. The summed E-state index contributed by atoms with van der Waals surface area (Å²) < 4.78 is 23.9. The van der Waals surface area contributed by atoms with E-state index in [0.29, 0.717) is 22.5 Å². The van der Waals surface area contributed by atoms with Crippen LogP contribution < -0.4 is 14.8 Å². The van der Waals surface area contributed by atoms with Gasteiger partial charge in [0, 0.05) is 16.7 Å². The number of rotatable bonds is 5. The minimum Gasteiger partial charge on any atom is -0.502 e. The number of anilines is 1. The Morgan fingerprint density at radius 3 is 2.29 bits per heavy atom. The third-order valence-electron chi connectivity index (χ3n) is 2.95. The van der Waals surface area contributed by atoms with Crippen LogP contribution in [0.15, 0.2) is 34.8 Å². The molecule has 2 aromatic carbocycles. The number of phenols is 1. The summed E-state index contributed by atoms with van der Waals surface area (Å²) in [6.07, 6.45) is 0. The SMILES string of the molecule is COc1cc(CNc2ccc(F)cc2Br)cc(OC)c1O. The molecule has 0 unspecified atom stereocenters. The quantitative estimate of drug-likeness (QED) is 0.853. The summed E-state index contributed by atoms with van der Waals surface area (Å²) in [7, 11) is 2.95. The highest BCUT2D eigenvalue weighted by Crippen LogP contribution is 2.37. The number of ether oxygens (including phenoxy) is 2. The van der Waals surface area contributed by atoms with Gasteiger partial charge in [0.2, 0.25) is 5.75 Å². The first kappa shape index (κ1) is 15.4. The zero-order valence-electron chi connectivity index (χ0n) is 11.6. The van der Waals surface area contributed by atoms with Gasteiger partial charge in [-0.1, -0.05) is 0 Å². The first-order valence-corrected chi connectivity index (χ1v) is 6.97. The normalized spacial score (nSPS) is 10.3. The predicted molar refractivity (Wildman–Crippen MR) is 82.6 cm³/mol. The molecule has 0 aliphatic carbocycles. The summed E-state index contributed by atoms with van der Waals surface area (Å²) in [4.78, 5) is 0. The molecule has 2 aromatic rings. The van der Waals surface area contributed by atoms with Crippen molar-refractivity contribution in [3.8, 4) is 17.2 Å². The van der Waals surface area contributed by atoms with Gasteiger partial charge in [-0.05, 0) is 51.8 Å². The summed E-state index contributed by atoms with van der Waals surface area (Å²) >= 11 is 3.30. The monoisotopic (exact) mass is 355 g/mol. The Kier molecular flexibility index (Phi) is 4.90. The van der Waals surface area contributed by atoms with Gasteiger partial charge in [-0.3, -0.25) is 0 Å². The lowest BCUT2D eigenvalue weighted by atomic mass is 10.1. The molecule has 0 aliphatic rings. The molecule has 4 nitrogen and oxygen atoms in total. The summed E-state index contributed by atoms with van der Waals surface area (Å²) in [6.45, 7) is 0.469. The van der Waals surface area contributed by atoms with Crippen LogP contribution in [-0.2, 0) is 6.54 Å². The second-order valence-corrected chi connectivity index (χ2v) is 5.18. The molecule has 0 heterocycles. The number of halogens is 2. The number of benzene rings is 2. The fourth-order valence-corrected chi connectivity index (χ4v) is 2.37. The number of hydrogen-bond acceptors (Lipinski definition) is 4. The van der Waals surface area contributed by atoms with Gasteiger partial charge in [0.15, 0.2) is 11.5 Å². The first-order chi connectivity index (χ1) is 10.0. The van der Waals surface area contributed by atoms with Crippen molar-refractivity contribution in [3.63, 3.8) is 0 Å². The van der Waals surface area contributed by atoms with Gasteiger partial charge in [-0.15, -0.1) is 0 Å². The largest absolute Gasteiger partial charge is 0.502 e. The molecule has 0 amide bonds. The molecule has 0 saturated heterocycles. The number of phenolic OH excluding ortho intramolecular Hbond substituents is 1. The van der Waals surface area contributed by atoms with E-state index in [9.17, 15) is 9.50 Å². The average molecular weight is 356 g/mol. The number of aromatic hydroxyl groups is 1. The van der Waals surface area contributed by atoms with Crippen LogP contribution in [0.25, 0.3) is 0 Å². The standard InChI is InChI=1S/C15H15BrFNO3/c1-20-13-5-9(6-14(21-2)15(13)19)8-18-12-4-3-10(17)7-11(12)16/h3-7,18-19H,8H2,1-2H3. The van der Waals surface area contributed by atoms with Crippen LogP contribution in [0.1, 0.15) is 5.56 Å². The summed E-state index contributed by atoms with van der Waals surface area (Å²) in [5.41, 5.74) is 1.63. The number of methoxy groups -OCH3 is 2. The van der Waals surface area contributed by atoms with E-state index in [1.54, 1.807) is 18.2 Å². The van der Waals surface area contributed by atoms with Crippen molar-refractivity contribution in [2.45, 2.75) is 6.54 Å². The van der Waals surface area contributed by atoms with Gasteiger partial charge >= 0.3 is 0 Å². The van der Waals surface area contributed by atoms with Crippen LogP contribution in [0.5, 0.6) is 17.2 Å². The fraction of sp³-hybridized carbons (Fsp3) is 0.200. The average Bonchev–Trinajstić information content (AvgIpc) is 2.47. The lowest BCUT2D eigenvalue weighted by Gasteiger charge is -2.13. The molecule has 6 heteroatoms. The van der Waals surface area contributed by atoms with E-state index < -0.39 is 0 Å². The van der Waals surface area contributed by atoms with E-state index in [1.165, 1.54) is 26.4 Å². The predicted octanol–water partition coefficient (Wildman–Crippen LogP) is 3.92. The Morgan fingerprint density at radius 2 is 1.76 bits per heavy atom. The Hall–Kier alpha value is -1.95. The van der Waals surface area contributed by atoms with Crippen molar-refractivity contribution in [1.82, 2.24) is 0 Å². The minimum atomic E-state index is -0.305. The highest BCUT2D eigenvalue weighted by molar-refractivity contribution is 9.10. The Bertz CT molecular complexity index is 624. The lowest BCUT2D eigenvalue weighted by molar-refractivity contribution is 0.339. The van der Waals surface area contributed by atoms with Crippen molar-refractivity contribution in [1.29, 1.82) is 0 Å². The Labute approximate surface area is 130 Å². The maximum Gasteiger partial charge on any atom is 0.200 e. The second-order valence-electron chi connectivity index (χ2n) is 4.33. The third-order valence-corrected chi connectivity index (χ3v) is 3.61. The lowest BCUT2D eigenvalue weighted by Crippen LogP contribution is -2.01. The van der Waals surface area contributed by atoms with Gasteiger partial charge in [-0.2, -0.15) is 0 Å². The number of hydrogen-bond donors (Lipinski definition) is 2. The summed E-state index contributed by atoms with van der Waals surface area (Å²) in [5, 5.41) is 13.0. The highest BCUT2D eigenvalue weighted by Gasteiger charge is 2.11. The van der Waals surface area contributed by atoms with Gasteiger partial charge in [0.25, 0.3) is 0 Å². The van der Waals surface area contributed by atoms with Crippen LogP contribution in [-0.4, -0.2) is 19.3 Å². The fourth-order valence-electron chi connectivity index (χ4n) is 1.88. The molecule has 112 valence electrons. The van der Waals surface area contributed by atoms with E-state index in [1.807, 2.05) is 0 Å². The zero-order valence-corrected chi connectivity index (χ0v) is 13.2. The smallest absolute Gasteiger partial charge is 0.200 e. The molecule has 21 heavy (non-hydrogen) atoms. The van der Waals surface area contributed by atoms with E-state index in [2.05, 4.69) is 21.2 Å². The van der Waals surface area contributed by atoms with Gasteiger partial charge in [0.1, 0.15) is 5.82 Å². The van der Waals surface area contributed by atoms with E-state index >= 15 is 0 Å². The van der Waals surface area contributed by atoms with Gasteiger partial charge in [-0.25, -0.2) is 4.39 Å². The molecule has 0 aliphatic heterocycles. The van der Waals surface area contributed by atoms with E-state index in [-0.39, 0.29) is 11.6 Å². The maximum absolute atomic E-state index is 13.0. The number of nitrogens with one attached hydrogen (secondary N) is 1. The van der Waals surface area contributed by atoms with Crippen LogP contribution in [0.3, 0.4) is 0 Å². The molecule has 0 atom stereocenters. The molecular formula is C15H15BrFNO3. The van der Waals surface area contributed by atoms with Crippen molar-refractivity contribution < 1.29 is 19.0 Å². The van der Waals surface area contributed by atoms with Crippen molar-refractivity contribution in [2.75, 3.05) is 19.5 Å². The van der Waals surface area contributed by atoms with Gasteiger partial charge < -0.3 is 19.9 Å². The topological polar surface area (TPSA) is 50.7 Å². The minimum absolute atomic E-state index is 0.0355.